The molecular formula is C12H18N2O4S2. The van der Waals surface area contributed by atoms with Crippen molar-refractivity contribution in [2.75, 3.05) is 18.9 Å². The van der Waals surface area contributed by atoms with Gasteiger partial charge in [-0.25, -0.2) is 8.42 Å². The fraction of sp³-hybridized carbons (Fsp3) is 0.417. The molecule has 1 aromatic rings. The van der Waals surface area contributed by atoms with Crippen LogP contribution in [0.4, 0.5) is 5.69 Å². The molecule has 0 aliphatic heterocycles. The maximum Gasteiger partial charge on any atom is 0.242 e. The number of ether oxygens (including phenoxy) is 2. The highest BCUT2D eigenvalue weighted by atomic mass is 32.2. The Kier molecular flexibility index (Phi) is 5.58. The molecule has 0 amide bonds. The van der Waals surface area contributed by atoms with Gasteiger partial charge in [0.1, 0.15) is 16.7 Å². The van der Waals surface area contributed by atoms with E-state index < -0.39 is 15.3 Å². The fourth-order valence-electron chi connectivity index (χ4n) is 1.68. The molecule has 0 saturated heterocycles. The molecule has 112 valence electrons. The van der Waals surface area contributed by atoms with Gasteiger partial charge in [-0.15, -0.1) is 0 Å². The molecular weight excluding hydrogens is 300 g/mol. The second kappa shape index (κ2) is 6.76. The van der Waals surface area contributed by atoms with E-state index in [4.69, 9.17) is 27.4 Å². The van der Waals surface area contributed by atoms with Gasteiger partial charge in [0.15, 0.2) is 0 Å². The Hall–Kier alpha value is -1.54. The van der Waals surface area contributed by atoms with Crippen LogP contribution in [0.25, 0.3) is 0 Å². The Morgan fingerprint density at radius 3 is 2.50 bits per heavy atom. The summed E-state index contributed by atoms with van der Waals surface area (Å²) in [7, 11) is -0.760. The fourth-order valence-corrected chi connectivity index (χ4v) is 3.59. The smallest absolute Gasteiger partial charge is 0.242 e. The summed E-state index contributed by atoms with van der Waals surface area (Å²) in [4.78, 5) is -0.0625. The van der Waals surface area contributed by atoms with Crippen LogP contribution in [0.3, 0.4) is 0 Å². The Morgan fingerprint density at radius 1 is 1.40 bits per heavy atom. The van der Waals surface area contributed by atoms with Gasteiger partial charge in [-0.2, -0.15) is 0 Å². The molecule has 1 aromatic carbocycles. The van der Waals surface area contributed by atoms with E-state index in [1.54, 1.807) is 25.1 Å². The number of hydrogen-bond acceptors (Lipinski definition) is 5. The summed E-state index contributed by atoms with van der Waals surface area (Å²) in [5, 5.41) is -0.927. The molecule has 0 aliphatic rings. The van der Waals surface area contributed by atoms with Crippen LogP contribution in [0, 0.1) is 0 Å². The normalized spacial score (nSPS) is 12.6. The van der Waals surface area contributed by atoms with Gasteiger partial charge in [-0.3, -0.25) is 4.72 Å². The van der Waals surface area contributed by atoms with Crippen molar-refractivity contribution in [3.63, 3.8) is 0 Å². The highest BCUT2D eigenvalue weighted by Crippen LogP contribution is 2.30. The van der Waals surface area contributed by atoms with Crippen molar-refractivity contribution < 1.29 is 17.9 Å². The molecule has 0 heterocycles. The van der Waals surface area contributed by atoms with Crippen molar-refractivity contribution in [2.45, 2.75) is 18.6 Å². The van der Waals surface area contributed by atoms with Crippen molar-refractivity contribution in [2.24, 2.45) is 5.73 Å². The topological polar surface area (TPSA) is 90.7 Å². The molecule has 1 unspecified atom stereocenters. The Bertz CT molecular complexity index is 587. The molecule has 8 heteroatoms. The average molecular weight is 318 g/mol. The van der Waals surface area contributed by atoms with Gasteiger partial charge in [0.25, 0.3) is 0 Å². The van der Waals surface area contributed by atoms with Crippen LogP contribution in [-0.2, 0) is 10.0 Å². The minimum Gasteiger partial charge on any atom is -0.497 e. The second-order valence-corrected chi connectivity index (χ2v) is 6.35. The molecule has 0 fully saturated rings. The number of anilines is 1. The summed E-state index contributed by atoms with van der Waals surface area (Å²) in [6.45, 7) is 1.70. The summed E-state index contributed by atoms with van der Waals surface area (Å²) in [5.41, 5.74) is 5.77. The van der Waals surface area contributed by atoms with E-state index in [0.29, 0.717) is 23.6 Å². The van der Waals surface area contributed by atoms with Crippen LogP contribution in [0.15, 0.2) is 18.2 Å². The monoisotopic (exact) mass is 318 g/mol. The Morgan fingerprint density at radius 2 is 2.05 bits per heavy atom. The summed E-state index contributed by atoms with van der Waals surface area (Å²) in [6, 6.07) is 4.77. The van der Waals surface area contributed by atoms with Crippen LogP contribution in [0.2, 0.25) is 0 Å². The summed E-state index contributed by atoms with van der Waals surface area (Å²) in [6.07, 6.45) is 0.295. The van der Waals surface area contributed by atoms with E-state index in [0.717, 1.165) is 0 Å². The molecule has 1 atom stereocenters. The summed E-state index contributed by atoms with van der Waals surface area (Å²) >= 11 is 4.79. The first-order valence-electron chi connectivity index (χ1n) is 5.88. The lowest BCUT2D eigenvalue weighted by atomic mass is 10.3. The number of rotatable bonds is 7. The maximum absolute atomic E-state index is 12.2. The third kappa shape index (κ3) is 3.73. The number of nitrogens with two attached hydrogens (primary N) is 1. The number of methoxy groups -OCH3 is 2. The van der Waals surface area contributed by atoms with E-state index in [-0.39, 0.29) is 4.99 Å². The number of benzene rings is 1. The van der Waals surface area contributed by atoms with Gasteiger partial charge in [-0.1, -0.05) is 19.1 Å². The highest BCUT2D eigenvalue weighted by molar-refractivity contribution is 7.95. The predicted octanol–water partition coefficient (Wildman–Crippen LogP) is 1.51. The zero-order valence-corrected chi connectivity index (χ0v) is 13.2. The lowest BCUT2D eigenvalue weighted by Gasteiger charge is -2.18. The van der Waals surface area contributed by atoms with Crippen LogP contribution in [-0.4, -0.2) is 32.9 Å². The first-order valence-corrected chi connectivity index (χ1v) is 7.84. The third-order valence-corrected chi connectivity index (χ3v) is 5.00. The first-order chi connectivity index (χ1) is 9.35. The molecule has 0 saturated carbocycles. The first kappa shape index (κ1) is 16.5. The predicted molar refractivity (Wildman–Crippen MR) is 83.0 cm³/mol. The lowest BCUT2D eigenvalue weighted by Crippen LogP contribution is -2.37. The number of sulfonamides is 1. The minimum absolute atomic E-state index is 0.0625. The van der Waals surface area contributed by atoms with E-state index in [1.165, 1.54) is 14.2 Å². The van der Waals surface area contributed by atoms with Crippen molar-refractivity contribution in [3.05, 3.63) is 18.2 Å². The van der Waals surface area contributed by atoms with Gasteiger partial charge in [0.05, 0.1) is 24.9 Å². The van der Waals surface area contributed by atoms with Crippen LogP contribution in [0.1, 0.15) is 13.3 Å². The van der Waals surface area contributed by atoms with Crippen LogP contribution in [0.5, 0.6) is 11.5 Å². The zero-order valence-electron chi connectivity index (χ0n) is 11.5. The molecule has 0 aromatic heterocycles. The van der Waals surface area contributed by atoms with Crippen LogP contribution >= 0.6 is 12.2 Å². The standard InChI is InChI=1S/C12H18N2O4S2/c1-4-11(12(13)19)20(15,16)14-9-6-5-8(17-2)7-10(9)18-3/h5-7,11,14H,4H2,1-3H3,(H2,13,19). The van der Waals surface area contributed by atoms with Gasteiger partial charge < -0.3 is 15.2 Å². The molecule has 0 aliphatic carbocycles. The van der Waals surface area contributed by atoms with Crippen LogP contribution < -0.4 is 19.9 Å². The van der Waals surface area contributed by atoms with E-state index in [1.807, 2.05) is 0 Å². The van der Waals surface area contributed by atoms with Crippen molar-refractivity contribution >= 4 is 32.9 Å². The molecule has 6 nitrogen and oxygen atoms in total. The van der Waals surface area contributed by atoms with Gasteiger partial charge in [0.2, 0.25) is 10.0 Å². The molecule has 3 N–H and O–H groups in total. The summed E-state index contributed by atoms with van der Waals surface area (Å²) in [5.74, 6) is 0.914. The lowest BCUT2D eigenvalue weighted by molar-refractivity contribution is 0.395. The second-order valence-electron chi connectivity index (χ2n) is 4.01. The van der Waals surface area contributed by atoms with Gasteiger partial charge in [0, 0.05) is 6.07 Å². The quantitative estimate of drug-likeness (QED) is 0.741. The Balaban J connectivity index is 3.12. The number of thiocarbonyl (C=S) groups is 1. The third-order valence-electron chi connectivity index (χ3n) is 2.72. The van der Waals surface area contributed by atoms with E-state index >= 15 is 0 Å². The molecule has 0 radical (unpaired) electrons. The SMILES string of the molecule is CCC(C(N)=S)S(=O)(=O)Nc1ccc(OC)cc1OC. The molecule has 20 heavy (non-hydrogen) atoms. The van der Waals surface area contributed by atoms with E-state index in [9.17, 15) is 8.42 Å². The minimum atomic E-state index is -3.71. The maximum atomic E-state index is 12.2. The zero-order chi connectivity index (χ0) is 15.3. The Labute approximate surface area is 124 Å². The number of hydrogen-bond donors (Lipinski definition) is 2. The van der Waals surface area contributed by atoms with Crippen molar-refractivity contribution in [1.82, 2.24) is 0 Å². The van der Waals surface area contributed by atoms with E-state index in [2.05, 4.69) is 4.72 Å². The van der Waals surface area contributed by atoms with Crippen molar-refractivity contribution in [1.29, 1.82) is 0 Å². The molecule has 0 bridgehead atoms. The van der Waals surface area contributed by atoms with Crippen molar-refractivity contribution in [3.8, 4) is 11.5 Å². The largest absolute Gasteiger partial charge is 0.497 e. The molecule has 1 rings (SSSR count). The molecule has 0 spiro atoms. The summed E-state index contributed by atoms with van der Waals surface area (Å²) < 4.78 is 37.1. The van der Waals surface area contributed by atoms with Gasteiger partial charge >= 0.3 is 0 Å². The highest BCUT2D eigenvalue weighted by Gasteiger charge is 2.27. The average Bonchev–Trinajstić information content (AvgIpc) is 2.38. The van der Waals surface area contributed by atoms with Gasteiger partial charge in [-0.05, 0) is 18.6 Å². The number of nitrogens with one attached hydrogen (secondary N) is 1.